The van der Waals surface area contributed by atoms with E-state index in [4.69, 9.17) is 4.74 Å². The summed E-state index contributed by atoms with van der Waals surface area (Å²) in [4.78, 5) is 22.6. The Morgan fingerprint density at radius 3 is 2.62 bits per heavy atom. The van der Waals surface area contributed by atoms with Crippen LogP contribution in [0.5, 0.6) is 0 Å². The Labute approximate surface area is 95.5 Å². The third-order valence-electron chi connectivity index (χ3n) is 2.57. The molecule has 0 aliphatic carbocycles. The van der Waals surface area contributed by atoms with E-state index < -0.39 is 12.1 Å². The summed E-state index contributed by atoms with van der Waals surface area (Å²) in [5, 5.41) is 3.14. The summed E-state index contributed by atoms with van der Waals surface area (Å²) in [6.07, 6.45) is 2.31. The second-order valence-electron chi connectivity index (χ2n) is 3.90. The van der Waals surface area contributed by atoms with E-state index in [1.165, 1.54) is 0 Å². The van der Waals surface area contributed by atoms with Gasteiger partial charge in [-0.3, -0.25) is 4.79 Å². The molecular formula is C11H19NO4. The van der Waals surface area contributed by atoms with Crippen molar-refractivity contribution in [1.29, 1.82) is 0 Å². The maximum atomic E-state index is 11.5. The average Bonchev–Trinajstić information content (AvgIpc) is 2.30. The lowest BCUT2D eigenvalue weighted by atomic mass is 9.99. The van der Waals surface area contributed by atoms with Crippen LogP contribution in [0, 0.1) is 5.92 Å². The van der Waals surface area contributed by atoms with Gasteiger partial charge in [-0.2, -0.15) is 0 Å². The number of esters is 1. The molecule has 1 rings (SSSR count). The molecule has 1 heterocycles. The quantitative estimate of drug-likeness (QED) is 0.449. The van der Waals surface area contributed by atoms with Crippen LogP contribution >= 0.6 is 0 Å². The molecule has 1 fully saturated rings. The van der Waals surface area contributed by atoms with Crippen LogP contribution in [0.3, 0.4) is 0 Å². The van der Waals surface area contributed by atoms with Crippen molar-refractivity contribution in [2.45, 2.75) is 32.6 Å². The smallest absolute Gasteiger partial charge is 0.434 e. The summed E-state index contributed by atoms with van der Waals surface area (Å²) in [5.74, 6) is -0.622. The molecule has 1 N–H and O–H groups in total. The number of nitrogens with one attached hydrogen (secondary N) is 1. The Morgan fingerprint density at radius 2 is 2.00 bits per heavy atom. The lowest BCUT2D eigenvalue weighted by molar-refractivity contribution is -0.145. The number of hydrogen-bond donors (Lipinski definition) is 1. The summed E-state index contributed by atoms with van der Waals surface area (Å²) in [6, 6.07) is 0. The Hall–Kier alpha value is -1.10. The molecule has 1 aliphatic rings. The zero-order valence-corrected chi connectivity index (χ0v) is 9.66. The highest BCUT2D eigenvalue weighted by Crippen LogP contribution is 2.13. The lowest BCUT2D eigenvalue weighted by Crippen LogP contribution is -2.33. The summed E-state index contributed by atoms with van der Waals surface area (Å²) < 4.78 is 9.35. The number of rotatable bonds is 4. The third kappa shape index (κ3) is 4.61. The fourth-order valence-electron chi connectivity index (χ4n) is 1.55. The van der Waals surface area contributed by atoms with Gasteiger partial charge in [0.05, 0.1) is 12.5 Å². The first-order chi connectivity index (χ1) is 7.74. The van der Waals surface area contributed by atoms with E-state index in [2.05, 4.69) is 10.1 Å². The van der Waals surface area contributed by atoms with Gasteiger partial charge in [0, 0.05) is 0 Å². The van der Waals surface area contributed by atoms with Gasteiger partial charge >= 0.3 is 12.1 Å². The summed E-state index contributed by atoms with van der Waals surface area (Å²) in [7, 11) is 0. The normalized spacial score (nSPS) is 16.8. The molecule has 0 atom stereocenters. The number of hydrogen-bond acceptors (Lipinski definition) is 5. The first-order valence-electron chi connectivity index (χ1n) is 5.83. The van der Waals surface area contributed by atoms with Crippen LogP contribution in [-0.4, -0.2) is 31.8 Å². The molecule has 1 aliphatic heterocycles. The van der Waals surface area contributed by atoms with Crippen LogP contribution in [0.1, 0.15) is 32.6 Å². The van der Waals surface area contributed by atoms with E-state index in [0.717, 1.165) is 38.8 Å². The van der Waals surface area contributed by atoms with E-state index in [-0.39, 0.29) is 5.92 Å². The molecule has 0 radical (unpaired) electrons. The maximum Gasteiger partial charge on any atom is 0.516 e. The SMILES string of the molecule is CCCCOC(=O)OC(=O)C1CCNCC1. The number of piperidine rings is 1. The van der Waals surface area contributed by atoms with Crippen molar-refractivity contribution in [3.8, 4) is 0 Å². The van der Waals surface area contributed by atoms with Gasteiger partial charge in [-0.1, -0.05) is 13.3 Å². The molecule has 0 saturated carbocycles. The third-order valence-corrected chi connectivity index (χ3v) is 2.57. The fraction of sp³-hybridized carbons (Fsp3) is 0.818. The molecule has 92 valence electrons. The molecule has 5 nitrogen and oxygen atoms in total. The van der Waals surface area contributed by atoms with Gasteiger partial charge < -0.3 is 14.8 Å². The summed E-state index contributed by atoms with van der Waals surface area (Å²) in [6.45, 7) is 3.90. The molecule has 1 saturated heterocycles. The van der Waals surface area contributed by atoms with Gasteiger partial charge in [0.15, 0.2) is 0 Å². The molecular weight excluding hydrogens is 210 g/mol. The van der Waals surface area contributed by atoms with Gasteiger partial charge in [0.2, 0.25) is 0 Å². The van der Waals surface area contributed by atoms with Gasteiger partial charge in [0.1, 0.15) is 0 Å². The van der Waals surface area contributed by atoms with E-state index in [1.807, 2.05) is 6.92 Å². The first-order valence-corrected chi connectivity index (χ1v) is 5.83. The Balaban J connectivity index is 2.19. The van der Waals surface area contributed by atoms with Crippen molar-refractivity contribution in [1.82, 2.24) is 5.32 Å². The minimum atomic E-state index is -0.864. The highest BCUT2D eigenvalue weighted by atomic mass is 16.7. The molecule has 5 heteroatoms. The maximum absolute atomic E-state index is 11.5. The van der Waals surface area contributed by atoms with Crippen LogP contribution in [-0.2, 0) is 14.3 Å². The fourth-order valence-corrected chi connectivity index (χ4v) is 1.55. The molecule has 0 aromatic rings. The largest absolute Gasteiger partial charge is 0.516 e. The van der Waals surface area contributed by atoms with Crippen LogP contribution in [0.4, 0.5) is 4.79 Å². The lowest BCUT2D eigenvalue weighted by Gasteiger charge is -2.20. The van der Waals surface area contributed by atoms with E-state index in [0.29, 0.717) is 6.61 Å². The van der Waals surface area contributed by atoms with E-state index in [1.54, 1.807) is 0 Å². The Morgan fingerprint density at radius 1 is 1.31 bits per heavy atom. The van der Waals surface area contributed by atoms with E-state index in [9.17, 15) is 9.59 Å². The number of unbranched alkanes of at least 4 members (excludes halogenated alkanes) is 1. The standard InChI is InChI=1S/C11H19NO4/c1-2-3-8-15-11(14)16-10(13)9-4-6-12-7-5-9/h9,12H,2-8H2,1H3. The zero-order valence-electron chi connectivity index (χ0n) is 9.66. The average molecular weight is 229 g/mol. The predicted molar refractivity (Wildman–Crippen MR) is 57.9 cm³/mol. The van der Waals surface area contributed by atoms with Crippen LogP contribution in [0.2, 0.25) is 0 Å². The highest BCUT2D eigenvalue weighted by molar-refractivity contribution is 5.83. The minimum Gasteiger partial charge on any atom is -0.434 e. The van der Waals surface area contributed by atoms with Crippen molar-refractivity contribution in [3.05, 3.63) is 0 Å². The van der Waals surface area contributed by atoms with Gasteiger partial charge in [-0.05, 0) is 32.4 Å². The summed E-state index contributed by atoms with van der Waals surface area (Å²) in [5.41, 5.74) is 0. The number of carbonyl (C=O) groups is 2. The monoisotopic (exact) mass is 229 g/mol. The van der Waals surface area contributed by atoms with Gasteiger partial charge in [0.25, 0.3) is 0 Å². The van der Waals surface area contributed by atoms with Crippen molar-refractivity contribution in [2.75, 3.05) is 19.7 Å². The van der Waals surface area contributed by atoms with Crippen molar-refractivity contribution in [2.24, 2.45) is 5.92 Å². The Kier molecular flexibility index (Phi) is 5.85. The molecule has 0 aromatic heterocycles. The Bertz CT molecular complexity index is 236. The van der Waals surface area contributed by atoms with Crippen molar-refractivity contribution in [3.63, 3.8) is 0 Å². The van der Waals surface area contributed by atoms with Gasteiger partial charge in [-0.25, -0.2) is 4.79 Å². The molecule has 0 spiro atoms. The second-order valence-corrected chi connectivity index (χ2v) is 3.90. The topological polar surface area (TPSA) is 64.6 Å². The highest BCUT2D eigenvalue weighted by Gasteiger charge is 2.24. The van der Waals surface area contributed by atoms with E-state index >= 15 is 0 Å². The molecule has 0 aromatic carbocycles. The summed E-state index contributed by atoms with van der Waals surface area (Å²) >= 11 is 0. The van der Waals surface area contributed by atoms with Gasteiger partial charge in [-0.15, -0.1) is 0 Å². The predicted octanol–water partition coefficient (Wildman–Crippen LogP) is 1.47. The molecule has 16 heavy (non-hydrogen) atoms. The van der Waals surface area contributed by atoms with Crippen molar-refractivity contribution >= 4 is 12.1 Å². The number of ether oxygens (including phenoxy) is 2. The van der Waals surface area contributed by atoms with Crippen LogP contribution in [0.25, 0.3) is 0 Å². The van der Waals surface area contributed by atoms with Crippen molar-refractivity contribution < 1.29 is 19.1 Å². The zero-order chi connectivity index (χ0) is 11.8. The first kappa shape index (κ1) is 13.0. The second kappa shape index (κ2) is 7.22. The van der Waals surface area contributed by atoms with Crippen LogP contribution < -0.4 is 5.32 Å². The molecule has 0 bridgehead atoms. The minimum absolute atomic E-state index is 0.167. The van der Waals surface area contributed by atoms with Crippen LogP contribution in [0.15, 0.2) is 0 Å². The molecule has 0 amide bonds. The number of carbonyl (C=O) groups excluding carboxylic acids is 2. The molecule has 0 unspecified atom stereocenters.